The normalized spacial score (nSPS) is 18.5. The largest absolute Gasteiger partial charge is 0.481 e. The summed E-state index contributed by atoms with van der Waals surface area (Å²) < 4.78 is 5.56. The number of benzene rings is 2. The quantitative estimate of drug-likeness (QED) is 0.456. The van der Waals surface area contributed by atoms with Crippen molar-refractivity contribution in [3.8, 4) is 11.1 Å². The molecule has 0 bridgehead atoms. The van der Waals surface area contributed by atoms with Gasteiger partial charge in [0.25, 0.3) is 5.91 Å². The number of amides is 2. The first-order valence-corrected chi connectivity index (χ1v) is 12.4. The molecule has 3 aromatic rings. The average molecular weight is 492 g/mol. The van der Waals surface area contributed by atoms with Crippen molar-refractivity contribution in [3.63, 3.8) is 0 Å². The van der Waals surface area contributed by atoms with Crippen LogP contribution in [0.2, 0.25) is 0 Å². The third kappa shape index (κ3) is 4.64. The van der Waals surface area contributed by atoms with E-state index in [1.165, 1.54) is 0 Å². The van der Waals surface area contributed by atoms with E-state index in [1.807, 2.05) is 24.3 Å². The lowest BCUT2D eigenvalue weighted by Gasteiger charge is -2.14. The molecule has 1 aromatic heterocycles. The van der Waals surface area contributed by atoms with Crippen LogP contribution in [0.5, 0.6) is 0 Å². The lowest BCUT2D eigenvalue weighted by molar-refractivity contribution is -0.141. The number of nitrogens with one attached hydrogen (secondary N) is 2. The van der Waals surface area contributed by atoms with Crippen LogP contribution < -0.4 is 10.6 Å². The van der Waals surface area contributed by atoms with Gasteiger partial charge in [0.1, 0.15) is 11.5 Å². The first-order chi connectivity index (χ1) is 16.9. The summed E-state index contributed by atoms with van der Waals surface area (Å²) in [5.74, 6) is -1.61. The maximum Gasteiger partial charge on any atom is 0.413 e. The summed E-state index contributed by atoms with van der Waals surface area (Å²) in [5.41, 5.74) is 5.06. The third-order valence-electron chi connectivity index (χ3n) is 6.67. The maximum absolute atomic E-state index is 12.7. The van der Waals surface area contributed by atoms with Gasteiger partial charge in [0.15, 0.2) is 5.13 Å². The van der Waals surface area contributed by atoms with Gasteiger partial charge in [-0.3, -0.25) is 14.9 Å². The highest BCUT2D eigenvalue weighted by atomic mass is 32.1. The average Bonchev–Trinajstić information content (AvgIpc) is 3.54. The molecule has 0 aliphatic heterocycles. The van der Waals surface area contributed by atoms with Crippen molar-refractivity contribution in [1.82, 2.24) is 10.3 Å². The lowest BCUT2D eigenvalue weighted by Crippen LogP contribution is -2.33. The molecule has 180 valence electrons. The van der Waals surface area contributed by atoms with E-state index in [4.69, 9.17) is 9.84 Å². The summed E-state index contributed by atoms with van der Waals surface area (Å²) >= 11 is 1.07. The summed E-state index contributed by atoms with van der Waals surface area (Å²) in [4.78, 5) is 41.1. The van der Waals surface area contributed by atoms with Gasteiger partial charge in [-0.1, -0.05) is 59.9 Å². The maximum atomic E-state index is 12.7. The standard InChI is InChI=1S/C26H25N3O5S/c1-14-22(23(30)28-16-11-10-15(12-16)24(31)32)35-25(27-14)29-26(33)34-13-21-19-8-4-2-6-17(19)18-7-3-5-9-20(18)21/h2-9,15-16,21H,10-13H2,1H3,(H,28,30)(H,31,32)(H,27,29,33)/t15-,16+/m1/s1. The number of ether oxygens (including phenoxy) is 1. The predicted octanol–water partition coefficient (Wildman–Crippen LogP) is 4.80. The minimum atomic E-state index is -0.828. The van der Waals surface area contributed by atoms with Gasteiger partial charge in [-0.15, -0.1) is 0 Å². The summed E-state index contributed by atoms with van der Waals surface area (Å²) in [6.45, 7) is 1.88. The number of rotatable bonds is 6. The molecule has 2 aromatic carbocycles. The fourth-order valence-electron chi connectivity index (χ4n) is 4.97. The Morgan fingerprint density at radius 3 is 2.34 bits per heavy atom. The summed E-state index contributed by atoms with van der Waals surface area (Å²) in [6.07, 6.45) is 0.971. The molecular weight excluding hydrogens is 466 g/mol. The van der Waals surface area contributed by atoms with E-state index in [9.17, 15) is 14.4 Å². The second kappa shape index (κ2) is 9.50. The summed E-state index contributed by atoms with van der Waals surface area (Å²) in [5, 5.41) is 15.0. The van der Waals surface area contributed by atoms with E-state index in [0.29, 0.717) is 29.8 Å². The molecule has 2 aliphatic carbocycles. The number of aromatic nitrogens is 1. The molecule has 8 nitrogen and oxygen atoms in total. The molecule has 2 aliphatic rings. The zero-order valence-corrected chi connectivity index (χ0v) is 19.9. The Morgan fingerprint density at radius 1 is 1.06 bits per heavy atom. The highest BCUT2D eigenvalue weighted by molar-refractivity contribution is 7.17. The van der Waals surface area contributed by atoms with Gasteiger partial charge in [0.2, 0.25) is 0 Å². The summed E-state index contributed by atoms with van der Waals surface area (Å²) in [7, 11) is 0. The van der Waals surface area contributed by atoms with Gasteiger partial charge in [0.05, 0.1) is 11.6 Å². The molecule has 1 saturated carbocycles. The molecule has 9 heteroatoms. The van der Waals surface area contributed by atoms with Crippen molar-refractivity contribution in [2.24, 2.45) is 5.92 Å². The van der Waals surface area contributed by atoms with E-state index in [-0.39, 0.29) is 29.6 Å². The third-order valence-corrected chi connectivity index (χ3v) is 7.74. The van der Waals surface area contributed by atoms with E-state index in [1.54, 1.807) is 6.92 Å². The highest BCUT2D eigenvalue weighted by Crippen LogP contribution is 2.44. The highest BCUT2D eigenvalue weighted by Gasteiger charge is 2.32. The van der Waals surface area contributed by atoms with E-state index < -0.39 is 18.0 Å². The first kappa shape index (κ1) is 23.0. The monoisotopic (exact) mass is 491 g/mol. The second-order valence-corrected chi connectivity index (χ2v) is 9.90. The topological polar surface area (TPSA) is 118 Å². The number of carbonyl (C=O) groups excluding carboxylic acids is 2. The number of carboxylic acids is 1. The van der Waals surface area contributed by atoms with Crippen LogP contribution in [-0.4, -0.2) is 40.7 Å². The Balaban J connectivity index is 1.20. The van der Waals surface area contributed by atoms with E-state index >= 15 is 0 Å². The van der Waals surface area contributed by atoms with Gasteiger partial charge in [-0.05, 0) is 48.4 Å². The van der Waals surface area contributed by atoms with Crippen LogP contribution in [0.1, 0.15) is 51.7 Å². The Bertz CT molecular complexity index is 1260. The number of nitrogens with zero attached hydrogens (tertiary/aromatic N) is 1. The van der Waals surface area contributed by atoms with Crippen molar-refractivity contribution in [3.05, 3.63) is 70.2 Å². The number of fused-ring (bicyclic) bond motifs is 3. The second-order valence-electron chi connectivity index (χ2n) is 8.90. The number of aryl methyl sites for hydroxylation is 1. The molecular formula is C26H25N3O5S. The van der Waals surface area contributed by atoms with Gasteiger partial charge in [-0.2, -0.15) is 0 Å². The van der Waals surface area contributed by atoms with E-state index in [2.05, 4.69) is 39.9 Å². The van der Waals surface area contributed by atoms with Gasteiger partial charge in [-0.25, -0.2) is 9.78 Å². The van der Waals surface area contributed by atoms with Crippen molar-refractivity contribution in [1.29, 1.82) is 0 Å². The first-order valence-electron chi connectivity index (χ1n) is 11.5. The number of thiazole rings is 1. The smallest absolute Gasteiger partial charge is 0.413 e. The number of hydrogen-bond donors (Lipinski definition) is 3. The van der Waals surface area contributed by atoms with Crippen LogP contribution in [0.25, 0.3) is 11.1 Å². The molecule has 0 unspecified atom stereocenters. The SMILES string of the molecule is Cc1nc(NC(=O)OCC2c3ccccc3-c3ccccc32)sc1C(=O)N[C@H]1CC[C@@H](C(=O)O)C1. The molecule has 2 amide bonds. The molecule has 1 fully saturated rings. The van der Waals surface area contributed by atoms with Crippen molar-refractivity contribution < 1.29 is 24.2 Å². The zero-order chi connectivity index (χ0) is 24.5. The van der Waals surface area contributed by atoms with Crippen LogP contribution in [0.3, 0.4) is 0 Å². The fraction of sp³-hybridized carbons (Fsp3) is 0.308. The Labute approximate surface area is 206 Å². The number of carbonyl (C=O) groups is 3. The van der Waals surface area contributed by atoms with Crippen molar-refractivity contribution in [2.45, 2.75) is 38.1 Å². The zero-order valence-electron chi connectivity index (χ0n) is 19.1. The molecule has 2 atom stereocenters. The van der Waals surface area contributed by atoms with Crippen LogP contribution in [-0.2, 0) is 9.53 Å². The van der Waals surface area contributed by atoms with Crippen LogP contribution in [0.4, 0.5) is 9.93 Å². The van der Waals surface area contributed by atoms with E-state index in [0.717, 1.165) is 33.6 Å². The van der Waals surface area contributed by atoms with Crippen LogP contribution >= 0.6 is 11.3 Å². The van der Waals surface area contributed by atoms with Crippen LogP contribution in [0.15, 0.2) is 48.5 Å². The minimum absolute atomic E-state index is 0.0476. The molecule has 0 radical (unpaired) electrons. The van der Waals surface area contributed by atoms with Crippen molar-refractivity contribution >= 4 is 34.4 Å². The molecule has 3 N–H and O–H groups in total. The van der Waals surface area contributed by atoms with Crippen LogP contribution in [0, 0.1) is 12.8 Å². The van der Waals surface area contributed by atoms with Gasteiger partial charge < -0.3 is 15.2 Å². The number of aliphatic carboxylic acids is 1. The Hall–Kier alpha value is -3.72. The van der Waals surface area contributed by atoms with Crippen molar-refractivity contribution in [2.75, 3.05) is 11.9 Å². The summed E-state index contributed by atoms with van der Waals surface area (Å²) in [6, 6.07) is 16.1. The fourth-order valence-corrected chi connectivity index (χ4v) is 5.83. The Kier molecular flexibility index (Phi) is 6.25. The van der Waals surface area contributed by atoms with Gasteiger partial charge >= 0.3 is 12.1 Å². The molecule has 0 spiro atoms. The number of hydrogen-bond acceptors (Lipinski definition) is 6. The molecule has 1 heterocycles. The predicted molar refractivity (Wildman–Crippen MR) is 132 cm³/mol. The molecule has 5 rings (SSSR count). The minimum Gasteiger partial charge on any atom is -0.481 e. The molecule has 35 heavy (non-hydrogen) atoms. The number of carboxylic acid groups (broad SMARTS) is 1. The van der Waals surface area contributed by atoms with Gasteiger partial charge in [0, 0.05) is 12.0 Å². The molecule has 0 saturated heterocycles. The number of anilines is 1. The Morgan fingerprint density at radius 2 is 1.71 bits per heavy atom. The lowest BCUT2D eigenvalue weighted by atomic mass is 9.98.